The molecule has 1 fully saturated rings. The van der Waals surface area contributed by atoms with Crippen LogP contribution in [-0.2, 0) is 9.59 Å². The first kappa shape index (κ1) is 23.0. The van der Waals surface area contributed by atoms with E-state index in [0.717, 1.165) is 19.3 Å². The highest BCUT2D eigenvalue weighted by Crippen LogP contribution is 2.35. The molecule has 3 N–H and O–H groups in total. The van der Waals surface area contributed by atoms with Gasteiger partial charge in [-0.15, -0.1) is 0 Å². The second kappa shape index (κ2) is 11.0. The normalized spacial score (nSPS) is 19.2. The number of nitrogens with one attached hydrogen (secondary N) is 1. The molecule has 2 atom stereocenters. The number of nitrogens with zero attached hydrogens (tertiary/aromatic N) is 1. The fourth-order valence-corrected chi connectivity index (χ4v) is 4.09. The van der Waals surface area contributed by atoms with Gasteiger partial charge in [0.2, 0.25) is 0 Å². The molecule has 0 bridgehead atoms. The number of carbonyl (C=O) groups excluding carboxylic acids is 2. The number of ether oxygens (including phenoxy) is 2. The van der Waals surface area contributed by atoms with E-state index in [1.165, 1.54) is 12.5 Å². The van der Waals surface area contributed by atoms with Crippen molar-refractivity contribution >= 4 is 40.5 Å². The Hall–Kier alpha value is -2.28. The Bertz CT molecular complexity index is 832. The highest BCUT2D eigenvalue weighted by Gasteiger charge is 2.24. The van der Waals surface area contributed by atoms with Gasteiger partial charge in [-0.2, -0.15) is 5.26 Å². The van der Waals surface area contributed by atoms with Crippen LogP contribution in [-0.4, -0.2) is 31.1 Å². The van der Waals surface area contributed by atoms with Gasteiger partial charge in [-0.1, -0.05) is 19.8 Å². The van der Waals surface area contributed by atoms with Gasteiger partial charge in [-0.05, 0) is 72.0 Å². The van der Waals surface area contributed by atoms with Crippen molar-refractivity contribution in [2.75, 3.05) is 13.2 Å². The van der Waals surface area contributed by atoms with E-state index >= 15 is 0 Å². The monoisotopic (exact) mass is 511 g/mol. The Morgan fingerprint density at radius 3 is 2.69 bits per heavy atom. The molecule has 1 aromatic rings. The summed E-state index contributed by atoms with van der Waals surface area (Å²) < 4.78 is 11.7. The summed E-state index contributed by atoms with van der Waals surface area (Å²) in [5.74, 6) is 0.272. The van der Waals surface area contributed by atoms with Crippen molar-refractivity contribution in [1.29, 1.82) is 5.26 Å². The summed E-state index contributed by atoms with van der Waals surface area (Å²) in [6.07, 6.45) is 5.81. The first-order valence-corrected chi connectivity index (χ1v) is 10.7. The average Bonchev–Trinajstić information content (AvgIpc) is 2.67. The number of hydrogen-bond acceptors (Lipinski definition) is 5. The Morgan fingerprint density at radius 2 is 2.07 bits per heavy atom. The van der Waals surface area contributed by atoms with Gasteiger partial charge in [0.05, 0.1) is 10.2 Å². The van der Waals surface area contributed by atoms with Crippen molar-refractivity contribution in [3.8, 4) is 17.6 Å². The SMILES string of the molecule is CCOc1cc(/C=C(\C#N)C(=O)N[C@H]2CCCC[C@H]2C)cc(I)c1OCC(N)=O. The standard InChI is InChI=1S/C21H26IN3O4/c1-3-28-18-10-14(9-16(22)20(18)29-12-19(24)26)8-15(11-23)21(27)25-17-7-5-4-6-13(17)2/h8-10,13,17H,3-7,12H2,1-2H3,(H2,24,26)(H,25,27)/b15-8+/t13-,17+/m1/s1. The van der Waals surface area contributed by atoms with Gasteiger partial charge in [0.1, 0.15) is 11.6 Å². The molecule has 2 amide bonds. The minimum atomic E-state index is -0.590. The van der Waals surface area contributed by atoms with Gasteiger partial charge < -0.3 is 20.5 Å². The second-order valence-corrected chi connectivity index (χ2v) is 8.19. The van der Waals surface area contributed by atoms with Crippen LogP contribution in [0, 0.1) is 20.8 Å². The van der Waals surface area contributed by atoms with Crippen molar-refractivity contribution in [3.05, 3.63) is 26.8 Å². The number of primary amides is 1. The van der Waals surface area contributed by atoms with E-state index in [1.54, 1.807) is 12.1 Å². The van der Waals surface area contributed by atoms with Gasteiger partial charge >= 0.3 is 0 Å². The highest BCUT2D eigenvalue weighted by molar-refractivity contribution is 14.1. The lowest BCUT2D eigenvalue weighted by molar-refractivity contribution is -0.120. The predicted octanol–water partition coefficient (Wildman–Crippen LogP) is 3.16. The molecule has 8 heteroatoms. The predicted molar refractivity (Wildman–Crippen MR) is 118 cm³/mol. The number of halogens is 1. The molecule has 1 aliphatic rings. The number of rotatable bonds is 8. The molecule has 0 radical (unpaired) electrons. The molecule has 0 aromatic heterocycles. The second-order valence-electron chi connectivity index (χ2n) is 7.03. The maximum absolute atomic E-state index is 12.6. The van der Waals surface area contributed by atoms with Crippen LogP contribution in [0.3, 0.4) is 0 Å². The summed E-state index contributed by atoms with van der Waals surface area (Å²) in [6, 6.07) is 5.52. The molecule has 29 heavy (non-hydrogen) atoms. The fourth-order valence-electron chi connectivity index (χ4n) is 3.31. The lowest BCUT2D eigenvalue weighted by Crippen LogP contribution is -2.41. The average molecular weight is 511 g/mol. The quantitative estimate of drug-likeness (QED) is 0.316. The van der Waals surface area contributed by atoms with Gasteiger partial charge in [-0.25, -0.2) is 0 Å². The molecule has 0 unspecified atom stereocenters. The summed E-state index contributed by atoms with van der Waals surface area (Å²) in [5, 5.41) is 12.5. The summed E-state index contributed by atoms with van der Waals surface area (Å²) in [5.41, 5.74) is 5.82. The van der Waals surface area contributed by atoms with Crippen molar-refractivity contribution < 1.29 is 19.1 Å². The lowest BCUT2D eigenvalue weighted by atomic mass is 9.86. The van der Waals surface area contributed by atoms with E-state index in [4.69, 9.17) is 15.2 Å². The summed E-state index contributed by atoms with van der Waals surface area (Å²) >= 11 is 2.05. The van der Waals surface area contributed by atoms with Crippen LogP contribution in [0.25, 0.3) is 6.08 Å². The smallest absolute Gasteiger partial charge is 0.262 e. The van der Waals surface area contributed by atoms with Crippen molar-refractivity contribution in [2.45, 2.75) is 45.6 Å². The number of benzene rings is 1. The molecule has 0 heterocycles. The molecule has 156 valence electrons. The van der Waals surface area contributed by atoms with E-state index in [-0.39, 0.29) is 24.1 Å². The molecule has 1 aromatic carbocycles. The minimum Gasteiger partial charge on any atom is -0.490 e. The van der Waals surface area contributed by atoms with Crippen molar-refractivity contribution in [1.82, 2.24) is 5.32 Å². The number of carbonyl (C=O) groups is 2. The Morgan fingerprint density at radius 1 is 1.34 bits per heavy atom. The molecule has 1 aliphatic carbocycles. The third-order valence-electron chi connectivity index (χ3n) is 4.79. The van der Waals surface area contributed by atoms with Gasteiger partial charge in [0, 0.05) is 6.04 Å². The molecular weight excluding hydrogens is 485 g/mol. The van der Waals surface area contributed by atoms with Crippen LogP contribution < -0.4 is 20.5 Å². The molecule has 0 saturated heterocycles. The van der Waals surface area contributed by atoms with Gasteiger partial charge in [0.15, 0.2) is 18.1 Å². The van der Waals surface area contributed by atoms with Gasteiger partial charge in [0.25, 0.3) is 11.8 Å². The molecule has 0 spiro atoms. The summed E-state index contributed by atoms with van der Waals surface area (Å²) in [4.78, 5) is 23.7. The largest absolute Gasteiger partial charge is 0.490 e. The molecule has 2 rings (SSSR count). The number of amides is 2. The van der Waals surface area contributed by atoms with E-state index in [1.807, 2.05) is 13.0 Å². The maximum atomic E-state index is 12.6. The third-order valence-corrected chi connectivity index (χ3v) is 5.60. The van der Waals surface area contributed by atoms with E-state index in [2.05, 4.69) is 34.8 Å². The molecule has 1 saturated carbocycles. The number of hydrogen-bond donors (Lipinski definition) is 2. The molecular formula is C21H26IN3O4. The Labute approximate surface area is 184 Å². The van der Waals surface area contributed by atoms with Crippen LogP contribution in [0.4, 0.5) is 0 Å². The molecule has 7 nitrogen and oxygen atoms in total. The van der Waals surface area contributed by atoms with Crippen LogP contribution in [0.15, 0.2) is 17.7 Å². The molecule has 0 aliphatic heterocycles. The lowest BCUT2D eigenvalue weighted by Gasteiger charge is -2.29. The van der Waals surface area contributed by atoms with Crippen LogP contribution in [0.2, 0.25) is 0 Å². The van der Waals surface area contributed by atoms with Crippen molar-refractivity contribution in [3.63, 3.8) is 0 Å². The zero-order chi connectivity index (χ0) is 21.4. The first-order valence-electron chi connectivity index (χ1n) is 9.65. The summed E-state index contributed by atoms with van der Waals surface area (Å²) in [7, 11) is 0. The van der Waals surface area contributed by atoms with Gasteiger partial charge in [-0.3, -0.25) is 9.59 Å². The topological polar surface area (TPSA) is 114 Å². The first-order chi connectivity index (χ1) is 13.8. The van der Waals surface area contributed by atoms with Crippen LogP contribution in [0.5, 0.6) is 11.5 Å². The number of nitriles is 1. The third kappa shape index (κ3) is 6.63. The van der Waals surface area contributed by atoms with Crippen LogP contribution in [0.1, 0.15) is 45.1 Å². The Balaban J connectivity index is 2.26. The highest BCUT2D eigenvalue weighted by atomic mass is 127. The van der Waals surface area contributed by atoms with E-state index < -0.39 is 5.91 Å². The summed E-state index contributed by atoms with van der Waals surface area (Å²) in [6.45, 7) is 4.08. The van der Waals surface area contributed by atoms with E-state index in [0.29, 0.717) is 33.2 Å². The fraction of sp³-hybridized carbons (Fsp3) is 0.476. The van der Waals surface area contributed by atoms with Crippen molar-refractivity contribution in [2.24, 2.45) is 11.7 Å². The zero-order valence-corrected chi connectivity index (χ0v) is 18.8. The number of nitrogens with two attached hydrogens (primary N) is 1. The maximum Gasteiger partial charge on any atom is 0.262 e. The van der Waals surface area contributed by atoms with Crippen LogP contribution >= 0.6 is 22.6 Å². The zero-order valence-electron chi connectivity index (χ0n) is 16.7. The minimum absolute atomic E-state index is 0.0341. The Kier molecular flexibility index (Phi) is 8.76. The van der Waals surface area contributed by atoms with E-state index in [9.17, 15) is 14.9 Å².